The van der Waals surface area contributed by atoms with E-state index in [1.165, 1.54) is 23.1 Å². The van der Waals surface area contributed by atoms with Crippen LogP contribution in [0.3, 0.4) is 0 Å². The molecule has 7 heteroatoms. The number of hydrogen-bond donors (Lipinski definition) is 0. The van der Waals surface area contributed by atoms with Crippen LogP contribution in [0.25, 0.3) is 0 Å². The lowest BCUT2D eigenvalue weighted by Gasteiger charge is -2.35. The number of aryl methyl sites for hydroxylation is 2. The van der Waals surface area contributed by atoms with Gasteiger partial charge in [-0.3, -0.25) is 4.79 Å². The van der Waals surface area contributed by atoms with Crippen molar-refractivity contribution in [3.63, 3.8) is 0 Å². The Labute approximate surface area is 151 Å². The van der Waals surface area contributed by atoms with Crippen LogP contribution in [0.2, 0.25) is 0 Å². The fraction of sp³-hybridized carbons (Fsp3) is 0.588. The molecule has 1 unspecified atom stereocenters. The van der Waals surface area contributed by atoms with Crippen molar-refractivity contribution >= 4 is 29.0 Å². The highest BCUT2D eigenvalue weighted by molar-refractivity contribution is 7.99. The van der Waals surface area contributed by atoms with Gasteiger partial charge < -0.3 is 9.47 Å². The first kappa shape index (κ1) is 17.5. The first-order valence-corrected chi connectivity index (χ1v) is 10.5. The molecule has 1 aliphatic rings. The number of carbonyl (C=O) groups excluding carboxylic acids is 1. The van der Waals surface area contributed by atoms with Crippen LogP contribution in [0.4, 0.5) is 0 Å². The van der Waals surface area contributed by atoms with Crippen molar-refractivity contribution in [2.45, 2.75) is 56.8 Å². The standard InChI is InChI=1S/C17H24N4OS2/c1-2-14-6-3-4-9-21(14)16(22)12-24-17-19-18-13-20(17)10-8-15-7-5-11-23-15/h5,7,11,13-14H,2-4,6,8-10,12H2,1H3. The summed E-state index contributed by atoms with van der Waals surface area (Å²) in [5.74, 6) is 0.688. The van der Waals surface area contributed by atoms with Crippen LogP contribution >= 0.6 is 23.1 Å². The molecule has 0 aromatic carbocycles. The summed E-state index contributed by atoms with van der Waals surface area (Å²) in [5, 5.41) is 11.1. The van der Waals surface area contributed by atoms with E-state index in [0.717, 1.165) is 43.9 Å². The van der Waals surface area contributed by atoms with E-state index in [4.69, 9.17) is 0 Å². The molecule has 1 aliphatic heterocycles. The van der Waals surface area contributed by atoms with Gasteiger partial charge in [-0.05, 0) is 43.6 Å². The van der Waals surface area contributed by atoms with E-state index in [1.807, 2.05) is 4.57 Å². The third-order valence-electron chi connectivity index (χ3n) is 4.50. The van der Waals surface area contributed by atoms with Crippen LogP contribution in [0, 0.1) is 0 Å². The molecular weight excluding hydrogens is 340 g/mol. The van der Waals surface area contributed by atoms with Gasteiger partial charge in [0.05, 0.1) is 5.75 Å². The first-order valence-electron chi connectivity index (χ1n) is 8.60. The van der Waals surface area contributed by atoms with E-state index >= 15 is 0 Å². The molecule has 1 atom stereocenters. The van der Waals surface area contributed by atoms with Crippen LogP contribution < -0.4 is 0 Å². The van der Waals surface area contributed by atoms with Crippen molar-refractivity contribution in [1.82, 2.24) is 19.7 Å². The molecule has 24 heavy (non-hydrogen) atoms. The number of amides is 1. The van der Waals surface area contributed by atoms with E-state index in [0.29, 0.717) is 11.8 Å². The number of aromatic nitrogens is 3. The maximum absolute atomic E-state index is 12.6. The lowest BCUT2D eigenvalue weighted by molar-refractivity contribution is -0.132. The molecule has 3 heterocycles. The van der Waals surface area contributed by atoms with Gasteiger partial charge in [0, 0.05) is 24.0 Å². The van der Waals surface area contributed by atoms with Crippen LogP contribution in [0.1, 0.15) is 37.5 Å². The summed E-state index contributed by atoms with van der Waals surface area (Å²) in [6, 6.07) is 4.64. The number of carbonyl (C=O) groups is 1. The Kier molecular flexibility index (Phi) is 6.31. The van der Waals surface area contributed by atoms with Gasteiger partial charge in [0.1, 0.15) is 6.33 Å². The van der Waals surface area contributed by atoms with Crippen molar-refractivity contribution in [2.75, 3.05) is 12.3 Å². The quantitative estimate of drug-likeness (QED) is 0.706. The zero-order valence-electron chi connectivity index (χ0n) is 14.1. The van der Waals surface area contributed by atoms with Gasteiger partial charge in [-0.1, -0.05) is 24.8 Å². The number of hydrogen-bond acceptors (Lipinski definition) is 5. The molecule has 2 aromatic rings. The maximum Gasteiger partial charge on any atom is 0.233 e. The second-order valence-electron chi connectivity index (χ2n) is 6.07. The Morgan fingerprint density at radius 1 is 1.46 bits per heavy atom. The Balaban J connectivity index is 1.53. The Morgan fingerprint density at radius 3 is 3.17 bits per heavy atom. The summed E-state index contributed by atoms with van der Waals surface area (Å²) in [6.07, 6.45) is 7.30. The van der Waals surface area contributed by atoms with E-state index in [-0.39, 0.29) is 5.91 Å². The average Bonchev–Trinajstić information content (AvgIpc) is 3.29. The molecule has 1 saturated heterocycles. The molecule has 2 aromatic heterocycles. The van der Waals surface area contributed by atoms with Gasteiger partial charge in [-0.15, -0.1) is 21.5 Å². The third kappa shape index (κ3) is 4.39. The zero-order valence-corrected chi connectivity index (χ0v) is 15.7. The van der Waals surface area contributed by atoms with Crippen molar-refractivity contribution in [1.29, 1.82) is 0 Å². The van der Waals surface area contributed by atoms with Gasteiger partial charge >= 0.3 is 0 Å². The molecule has 0 aliphatic carbocycles. The van der Waals surface area contributed by atoms with Crippen LogP contribution in [0.15, 0.2) is 29.0 Å². The molecule has 0 bridgehead atoms. The van der Waals surface area contributed by atoms with E-state index < -0.39 is 0 Å². The summed E-state index contributed by atoms with van der Waals surface area (Å²) in [7, 11) is 0. The van der Waals surface area contributed by atoms with Crippen molar-refractivity contribution in [3.05, 3.63) is 28.7 Å². The highest BCUT2D eigenvalue weighted by Crippen LogP contribution is 2.22. The predicted molar refractivity (Wildman–Crippen MR) is 98.4 cm³/mol. The van der Waals surface area contributed by atoms with Gasteiger partial charge in [0.2, 0.25) is 5.91 Å². The smallest absolute Gasteiger partial charge is 0.233 e. The second-order valence-corrected chi connectivity index (χ2v) is 8.04. The van der Waals surface area contributed by atoms with Crippen molar-refractivity contribution in [3.8, 4) is 0 Å². The summed E-state index contributed by atoms with van der Waals surface area (Å²) < 4.78 is 2.05. The molecule has 130 valence electrons. The minimum absolute atomic E-state index is 0.236. The van der Waals surface area contributed by atoms with Gasteiger partial charge in [-0.25, -0.2) is 0 Å². The predicted octanol–water partition coefficient (Wildman–Crippen LogP) is 3.47. The molecule has 1 fully saturated rings. The average molecular weight is 365 g/mol. The molecular formula is C17H24N4OS2. The lowest BCUT2D eigenvalue weighted by Crippen LogP contribution is -2.44. The number of thioether (sulfide) groups is 1. The van der Waals surface area contributed by atoms with E-state index in [2.05, 4.69) is 39.5 Å². The molecule has 0 radical (unpaired) electrons. The highest BCUT2D eigenvalue weighted by atomic mass is 32.2. The Hall–Kier alpha value is -1.34. The van der Waals surface area contributed by atoms with Gasteiger partial charge in [0.25, 0.3) is 0 Å². The normalized spacial score (nSPS) is 18.0. The number of nitrogens with zero attached hydrogens (tertiary/aromatic N) is 4. The fourth-order valence-electron chi connectivity index (χ4n) is 3.16. The molecule has 1 amide bonds. The molecule has 3 rings (SSSR count). The Bertz CT molecular complexity index is 641. The van der Waals surface area contributed by atoms with Crippen molar-refractivity contribution < 1.29 is 4.79 Å². The second kappa shape index (κ2) is 8.67. The van der Waals surface area contributed by atoms with Crippen LogP contribution in [0.5, 0.6) is 0 Å². The molecule has 5 nitrogen and oxygen atoms in total. The topological polar surface area (TPSA) is 51.0 Å². The number of rotatable bonds is 7. The SMILES string of the molecule is CCC1CCCCN1C(=O)CSc1nncn1CCc1cccs1. The van der Waals surface area contributed by atoms with Gasteiger partial charge in [0.15, 0.2) is 5.16 Å². The summed E-state index contributed by atoms with van der Waals surface area (Å²) >= 11 is 3.28. The lowest BCUT2D eigenvalue weighted by atomic mass is 10.0. The number of piperidine rings is 1. The van der Waals surface area contributed by atoms with Crippen molar-refractivity contribution in [2.24, 2.45) is 0 Å². The molecule has 0 N–H and O–H groups in total. The highest BCUT2D eigenvalue weighted by Gasteiger charge is 2.25. The zero-order chi connectivity index (χ0) is 16.8. The summed E-state index contributed by atoms with van der Waals surface area (Å²) in [5.41, 5.74) is 0. The molecule has 0 saturated carbocycles. The monoisotopic (exact) mass is 364 g/mol. The summed E-state index contributed by atoms with van der Waals surface area (Å²) in [4.78, 5) is 16.0. The minimum atomic E-state index is 0.236. The van der Waals surface area contributed by atoms with Crippen LogP contribution in [-0.4, -0.2) is 43.9 Å². The minimum Gasteiger partial charge on any atom is -0.339 e. The maximum atomic E-state index is 12.6. The van der Waals surface area contributed by atoms with E-state index in [9.17, 15) is 4.79 Å². The number of likely N-dealkylation sites (tertiary alicyclic amines) is 1. The molecule has 0 spiro atoms. The van der Waals surface area contributed by atoms with Gasteiger partial charge in [-0.2, -0.15) is 0 Å². The Morgan fingerprint density at radius 2 is 2.38 bits per heavy atom. The van der Waals surface area contributed by atoms with Crippen LogP contribution in [-0.2, 0) is 17.8 Å². The van der Waals surface area contributed by atoms with E-state index in [1.54, 1.807) is 17.7 Å². The number of thiophene rings is 1. The largest absolute Gasteiger partial charge is 0.339 e. The first-order chi connectivity index (χ1) is 11.8. The fourth-order valence-corrected chi connectivity index (χ4v) is 4.68. The third-order valence-corrected chi connectivity index (χ3v) is 6.40. The summed E-state index contributed by atoms with van der Waals surface area (Å²) in [6.45, 7) is 3.93.